The molecule has 0 saturated carbocycles. The van der Waals surface area contributed by atoms with E-state index >= 15 is 0 Å². The maximum absolute atomic E-state index is 14.6. The first kappa shape index (κ1) is 26.2. The number of hydrogen-bond acceptors (Lipinski definition) is 6. The van der Waals surface area contributed by atoms with Crippen LogP contribution in [0.5, 0.6) is 0 Å². The van der Waals surface area contributed by atoms with Crippen LogP contribution in [0.4, 0.5) is 10.1 Å². The van der Waals surface area contributed by atoms with Crippen molar-refractivity contribution in [1.82, 2.24) is 4.57 Å². The molecule has 0 aliphatic carbocycles. The van der Waals surface area contributed by atoms with Crippen LogP contribution < -0.4 is 9.11 Å². The topological polar surface area (TPSA) is 98.0 Å². The summed E-state index contributed by atoms with van der Waals surface area (Å²) in [6.07, 6.45) is 0. The molecule has 11 heteroatoms. The van der Waals surface area contributed by atoms with Crippen molar-refractivity contribution < 1.29 is 27.1 Å². The van der Waals surface area contributed by atoms with E-state index in [4.69, 9.17) is 4.74 Å². The molecule has 192 valence electrons. The Morgan fingerprint density at radius 2 is 1.70 bits per heavy atom. The summed E-state index contributed by atoms with van der Waals surface area (Å²) in [5.74, 6) is -1.81. The van der Waals surface area contributed by atoms with Gasteiger partial charge in [0, 0.05) is 12.1 Å². The molecule has 37 heavy (non-hydrogen) atoms. The summed E-state index contributed by atoms with van der Waals surface area (Å²) in [4.78, 5) is 29.4. The van der Waals surface area contributed by atoms with Crippen molar-refractivity contribution in [3.8, 4) is 0 Å². The smallest absolute Gasteiger partial charge is 0.326 e. The summed E-state index contributed by atoms with van der Waals surface area (Å²) in [7, 11) is -3.86. The summed E-state index contributed by atoms with van der Waals surface area (Å²) in [6, 6.07) is 18.6. The second kappa shape index (κ2) is 11.1. The van der Waals surface area contributed by atoms with Gasteiger partial charge in [-0.05, 0) is 62.4 Å². The molecule has 0 spiro atoms. The van der Waals surface area contributed by atoms with E-state index in [9.17, 15) is 22.4 Å². The number of ether oxygens (including phenoxy) is 1. The number of carbonyl (C=O) groups is 2. The Kier molecular flexibility index (Phi) is 7.84. The number of anilines is 1. The molecule has 0 saturated heterocycles. The lowest BCUT2D eigenvalue weighted by atomic mass is 10.2. The number of sulfonamides is 1. The highest BCUT2D eigenvalue weighted by atomic mass is 32.2. The molecular formula is C26H24FN3O5S2. The number of hydrogen-bond donors (Lipinski definition) is 0. The van der Waals surface area contributed by atoms with E-state index in [-0.39, 0.29) is 40.5 Å². The van der Waals surface area contributed by atoms with Gasteiger partial charge in [0.1, 0.15) is 12.4 Å². The third-order valence-corrected chi connectivity index (χ3v) is 8.42. The summed E-state index contributed by atoms with van der Waals surface area (Å²) < 4.78 is 49.1. The largest absolute Gasteiger partial charge is 0.465 e. The molecule has 0 aliphatic rings. The fraction of sp³-hybridized carbons (Fsp3) is 0.192. The van der Waals surface area contributed by atoms with Gasteiger partial charge in [-0.2, -0.15) is 4.99 Å². The average molecular weight is 542 g/mol. The number of aromatic nitrogens is 1. The van der Waals surface area contributed by atoms with Crippen molar-refractivity contribution in [2.45, 2.75) is 25.3 Å². The molecule has 3 aromatic carbocycles. The van der Waals surface area contributed by atoms with Crippen molar-refractivity contribution in [2.24, 2.45) is 4.99 Å². The van der Waals surface area contributed by atoms with Crippen LogP contribution in [0, 0.1) is 5.82 Å². The zero-order valence-corrected chi connectivity index (χ0v) is 21.8. The van der Waals surface area contributed by atoms with Crippen molar-refractivity contribution >= 4 is 49.1 Å². The van der Waals surface area contributed by atoms with Gasteiger partial charge in [-0.25, -0.2) is 12.8 Å². The SMILES string of the molecule is CCOC(=O)Cn1c(=NC(=O)c2ccc(S(=O)(=O)N(CC)c3ccccc3)cc2)sc2cccc(F)c21. The Morgan fingerprint density at radius 1 is 1.00 bits per heavy atom. The number of carbonyl (C=O) groups excluding carboxylic acids is 2. The zero-order valence-electron chi connectivity index (χ0n) is 20.1. The minimum atomic E-state index is -3.86. The quantitative estimate of drug-likeness (QED) is 0.309. The fourth-order valence-corrected chi connectivity index (χ4v) is 6.30. The molecule has 0 bridgehead atoms. The molecule has 0 N–H and O–H groups in total. The monoisotopic (exact) mass is 541 g/mol. The molecule has 1 amide bonds. The predicted molar refractivity (Wildman–Crippen MR) is 139 cm³/mol. The lowest BCUT2D eigenvalue weighted by Crippen LogP contribution is -2.30. The number of rotatable bonds is 8. The summed E-state index contributed by atoms with van der Waals surface area (Å²) in [6.45, 7) is 3.47. The van der Waals surface area contributed by atoms with E-state index < -0.39 is 27.7 Å². The zero-order chi connectivity index (χ0) is 26.6. The van der Waals surface area contributed by atoms with Crippen molar-refractivity contribution in [1.29, 1.82) is 0 Å². The number of fused-ring (bicyclic) bond motifs is 1. The Hall–Kier alpha value is -3.83. The maximum atomic E-state index is 14.6. The van der Waals surface area contributed by atoms with Gasteiger partial charge < -0.3 is 9.30 Å². The molecule has 0 radical (unpaired) electrons. The summed E-state index contributed by atoms with van der Waals surface area (Å²) in [5, 5.41) is 0. The number of halogens is 1. The van der Waals surface area contributed by atoms with Gasteiger partial charge in [0.25, 0.3) is 15.9 Å². The van der Waals surface area contributed by atoms with E-state index in [2.05, 4.69) is 4.99 Å². The fourth-order valence-electron chi connectivity index (χ4n) is 3.79. The third-order valence-electron chi connectivity index (χ3n) is 5.46. The number of benzene rings is 3. The van der Waals surface area contributed by atoms with E-state index in [1.165, 1.54) is 45.3 Å². The molecule has 0 aliphatic heterocycles. The van der Waals surface area contributed by atoms with E-state index in [1.54, 1.807) is 50.2 Å². The van der Waals surface area contributed by atoms with Gasteiger partial charge in [-0.1, -0.05) is 35.6 Å². The van der Waals surface area contributed by atoms with E-state index in [0.717, 1.165) is 11.3 Å². The molecule has 0 atom stereocenters. The molecule has 8 nitrogen and oxygen atoms in total. The molecule has 1 aromatic heterocycles. The van der Waals surface area contributed by atoms with Gasteiger partial charge in [-0.3, -0.25) is 13.9 Å². The molecule has 0 unspecified atom stereocenters. The molecule has 4 rings (SSSR count). The van der Waals surface area contributed by atoms with Crippen molar-refractivity contribution in [3.05, 3.63) is 89.0 Å². The second-order valence-corrected chi connectivity index (χ2v) is 10.7. The molecule has 1 heterocycles. The number of esters is 1. The van der Waals surface area contributed by atoms with Crippen LogP contribution >= 0.6 is 11.3 Å². The van der Waals surface area contributed by atoms with Crippen LogP contribution in [-0.4, -0.2) is 38.0 Å². The van der Waals surface area contributed by atoms with Crippen molar-refractivity contribution in [2.75, 3.05) is 17.5 Å². The first-order chi connectivity index (χ1) is 17.8. The van der Waals surface area contributed by atoms with Crippen LogP contribution in [0.1, 0.15) is 24.2 Å². The Morgan fingerprint density at radius 3 is 2.35 bits per heavy atom. The highest BCUT2D eigenvalue weighted by Gasteiger charge is 2.24. The standard InChI is InChI=1S/C26H24FN3O5S2/c1-3-30(19-9-6-5-7-10-19)37(33,34)20-15-13-18(14-16-20)25(32)28-26-29(17-23(31)35-4-2)24-21(27)11-8-12-22(24)36-26/h5-16H,3-4,17H2,1-2H3. The lowest BCUT2D eigenvalue weighted by Gasteiger charge is -2.22. The van der Waals surface area contributed by atoms with Gasteiger partial charge in [0.05, 0.1) is 27.4 Å². The molecular weight excluding hydrogens is 517 g/mol. The Balaban J connectivity index is 1.68. The number of nitrogens with zero attached hydrogens (tertiary/aromatic N) is 3. The van der Waals surface area contributed by atoms with E-state index in [0.29, 0.717) is 10.4 Å². The van der Waals surface area contributed by atoms with E-state index in [1.807, 2.05) is 0 Å². The number of amides is 1. The maximum Gasteiger partial charge on any atom is 0.326 e. The summed E-state index contributed by atoms with van der Waals surface area (Å²) >= 11 is 1.06. The highest BCUT2D eigenvalue weighted by Crippen LogP contribution is 2.24. The van der Waals surface area contributed by atoms with Crippen LogP contribution in [0.3, 0.4) is 0 Å². The highest BCUT2D eigenvalue weighted by molar-refractivity contribution is 7.92. The van der Waals surface area contributed by atoms with Crippen LogP contribution in [0.15, 0.2) is 82.7 Å². The van der Waals surface area contributed by atoms with Gasteiger partial charge >= 0.3 is 5.97 Å². The van der Waals surface area contributed by atoms with Gasteiger partial charge in [0.15, 0.2) is 4.80 Å². The Labute approximate surface area is 217 Å². The van der Waals surface area contributed by atoms with Crippen LogP contribution in [-0.2, 0) is 26.1 Å². The minimum Gasteiger partial charge on any atom is -0.465 e. The predicted octanol–water partition coefficient (Wildman–Crippen LogP) is 4.36. The third kappa shape index (κ3) is 5.47. The average Bonchev–Trinajstić information content (AvgIpc) is 3.23. The van der Waals surface area contributed by atoms with Gasteiger partial charge in [-0.15, -0.1) is 0 Å². The number of thiazole rings is 1. The van der Waals surface area contributed by atoms with Crippen LogP contribution in [0.25, 0.3) is 10.2 Å². The molecule has 4 aromatic rings. The lowest BCUT2D eigenvalue weighted by molar-refractivity contribution is -0.143. The van der Waals surface area contributed by atoms with Crippen molar-refractivity contribution in [3.63, 3.8) is 0 Å². The first-order valence-corrected chi connectivity index (χ1v) is 13.7. The normalized spacial score (nSPS) is 12.0. The second-order valence-electron chi connectivity index (χ2n) is 7.81. The molecule has 0 fully saturated rings. The summed E-state index contributed by atoms with van der Waals surface area (Å²) in [5.41, 5.74) is 0.819. The first-order valence-electron chi connectivity index (χ1n) is 11.5. The van der Waals surface area contributed by atoms with Gasteiger partial charge in [0.2, 0.25) is 0 Å². The Bertz CT molecular complexity index is 1610. The number of para-hydroxylation sites is 2. The minimum absolute atomic E-state index is 0.0241. The van der Waals surface area contributed by atoms with Crippen LogP contribution in [0.2, 0.25) is 0 Å².